The van der Waals surface area contributed by atoms with Crippen molar-refractivity contribution in [1.29, 1.82) is 0 Å². The molecular weight excluding hydrogens is 404 g/mol. The number of carboxylic acid groups (broad SMARTS) is 1. The van der Waals surface area contributed by atoms with Crippen molar-refractivity contribution in [2.75, 3.05) is 26.4 Å². The maximum Gasteiger partial charge on any atom is 0.267 e. The second kappa shape index (κ2) is 16.6. The number of rotatable bonds is 15. The van der Waals surface area contributed by atoms with Crippen LogP contribution in [-0.4, -0.2) is 38.4 Å². The van der Waals surface area contributed by atoms with Crippen LogP contribution in [0.3, 0.4) is 0 Å². The predicted molar refractivity (Wildman–Crippen MR) is 92.1 cm³/mol. The molecule has 0 aromatic carbocycles. The summed E-state index contributed by atoms with van der Waals surface area (Å²) in [5.74, 6) is -1.58. The van der Waals surface area contributed by atoms with Crippen LogP contribution in [-0.2, 0) is 32.0 Å². The SMILES string of the molecule is CCCCOP(=O)([O-])OCC(N)C(=O)[O-].CCCCOP(=O)([O-])OCCC. The Morgan fingerprint density at radius 3 is 1.63 bits per heavy atom. The lowest BCUT2D eigenvalue weighted by Gasteiger charge is -2.24. The molecule has 0 fully saturated rings. The summed E-state index contributed by atoms with van der Waals surface area (Å²) in [5.41, 5.74) is 4.98. The fourth-order valence-electron chi connectivity index (χ4n) is 1.16. The zero-order chi connectivity index (χ0) is 21.3. The number of carbonyl (C=O) groups excluding carboxylic acids is 1. The van der Waals surface area contributed by atoms with Crippen LogP contribution in [0.4, 0.5) is 0 Å². The van der Waals surface area contributed by atoms with Crippen LogP contribution < -0.4 is 20.6 Å². The van der Waals surface area contributed by atoms with Crippen molar-refractivity contribution in [2.24, 2.45) is 5.73 Å². The lowest BCUT2D eigenvalue weighted by atomic mass is 10.3. The monoisotopic (exact) mass is 434 g/mol. The Labute approximate surface area is 160 Å². The molecule has 3 atom stereocenters. The minimum atomic E-state index is -4.44. The topological polar surface area (TPSA) is 183 Å². The van der Waals surface area contributed by atoms with E-state index in [-0.39, 0.29) is 19.8 Å². The fraction of sp³-hybridized carbons (Fsp3) is 0.929. The summed E-state index contributed by atoms with van der Waals surface area (Å²) in [6.45, 7) is 5.42. The first-order chi connectivity index (χ1) is 12.5. The number of nitrogens with two attached hydrogens (primary N) is 1. The number of unbranched alkanes of at least 4 members (excludes halogenated alkanes) is 2. The van der Waals surface area contributed by atoms with Gasteiger partial charge in [0.25, 0.3) is 15.6 Å². The summed E-state index contributed by atoms with van der Waals surface area (Å²) in [5, 5.41) is 10.1. The smallest absolute Gasteiger partial charge is 0.267 e. The number of hydrogen-bond acceptors (Lipinski definition) is 11. The van der Waals surface area contributed by atoms with Crippen molar-refractivity contribution in [3.63, 3.8) is 0 Å². The Bertz CT molecular complexity index is 477. The molecule has 0 aliphatic heterocycles. The maximum absolute atomic E-state index is 10.9. The van der Waals surface area contributed by atoms with Crippen molar-refractivity contribution in [3.8, 4) is 0 Å². The molecule has 0 bridgehead atoms. The van der Waals surface area contributed by atoms with Gasteiger partial charge in [-0.1, -0.05) is 33.6 Å². The molecule has 0 aromatic rings. The number of carboxylic acids is 1. The van der Waals surface area contributed by atoms with Crippen molar-refractivity contribution in [1.82, 2.24) is 0 Å². The van der Waals surface area contributed by atoms with Gasteiger partial charge in [-0.3, -0.25) is 9.13 Å². The van der Waals surface area contributed by atoms with Gasteiger partial charge < -0.3 is 43.5 Å². The Kier molecular flexibility index (Phi) is 17.7. The van der Waals surface area contributed by atoms with E-state index < -0.39 is 34.3 Å². The van der Waals surface area contributed by atoms with Crippen molar-refractivity contribution in [3.05, 3.63) is 0 Å². The van der Waals surface area contributed by atoms with Crippen LogP contribution in [0.5, 0.6) is 0 Å². The van der Waals surface area contributed by atoms with Crippen molar-refractivity contribution >= 4 is 21.6 Å². The van der Waals surface area contributed by atoms with Gasteiger partial charge in [0.2, 0.25) is 0 Å². The lowest BCUT2D eigenvalue weighted by molar-refractivity contribution is -0.308. The summed E-state index contributed by atoms with van der Waals surface area (Å²) in [6.07, 6.45) is 3.67. The first-order valence-electron chi connectivity index (χ1n) is 8.68. The second-order valence-electron chi connectivity index (χ2n) is 5.32. The number of aliphatic carboxylic acids is 1. The molecule has 164 valence electrons. The van der Waals surface area contributed by atoms with Gasteiger partial charge in [-0.15, -0.1) is 0 Å². The molecule has 0 saturated carbocycles. The summed E-state index contributed by atoms with van der Waals surface area (Å²) in [7, 11) is -8.43. The molecule has 0 aliphatic rings. The van der Waals surface area contributed by atoms with E-state index in [0.717, 1.165) is 19.3 Å². The minimum Gasteiger partial charge on any atom is -0.756 e. The molecule has 0 spiro atoms. The van der Waals surface area contributed by atoms with E-state index in [0.29, 0.717) is 12.8 Å². The van der Waals surface area contributed by atoms with Gasteiger partial charge in [0.15, 0.2) is 0 Å². The molecule has 0 rings (SSSR count). The lowest BCUT2D eigenvalue weighted by Crippen LogP contribution is -2.44. The average molecular weight is 434 g/mol. The highest BCUT2D eigenvalue weighted by Crippen LogP contribution is 2.38. The standard InChI is InChI=1S/C7H16NO6P.C7H17O4P/c1-2-3-4-13-15(11,12)14-5-6(8)7(9)10;1-3-5-7-11-12(8,9)10-6-4-2/h6H,2-5,8H2,1H3,(H,9,10)(H,11,12);3-7H2,1-2H3,(H,8,9)/p-3. The Morgan fingerprint density at radius 2 is 1.26 bits per heavy atom. The Hall–Kier alpha value is -0.350. The summed E-state index contributed by atoms with van der Waals surface area (Å²) >= 11 is 0. The highest BCUT2D eigenvalue weighted by Gasteiger charge is 2.12. The van der Waals surface area contributed by atoms with Gasteiger partial charge >= 0.3 is 0 Å². The molecule has 11 nitrogen and oxygen atoms in total. The van der Waals surface area contributed by atoms with Crippen molar-refractivity contribution < 1.29 is 46.9 Å². The van der Waals surface area contributed by atoms with E-state index in [9.17, 15) is 28.8 Å². The predicted octanol–water partition coefficient (Wildman–Crippen LogP) is 0.0634. The third-order valence-electron chi connectivity index (χ3n) is 2.66. The van der Waals surface area contributed by atoms with E-state index >= 15 is 0 Å². The number of hydrogen-bond donors (Lipinski definition) is 1. The van der Waals surface area contributed by atoms with Crippen LogP contribution in [0, 0.1) is 0 Å². The number of phosphoric ester groups is 2. The largest absolute Gasteiger partial charge is 0.756 e. The van der Waals surface area contributed by atoms with Gasteiger partial charge in [0.1, 0.15) is 0 Å². The normalized spacial score (nSPS) is 16.5. The molecule has 27 heavy (non-hydrogen) atoms. The summed E-state index contributed by atoms with van der Waals surface area (Å²) in [6, 6.07) is -1.48. The third kappa shape index (κ3) is 20.2. The van der Waals surface area contributed by atoms with Gasteiger partial charge in [-0.25, -0.2) is 0 Å². The highest BCUT2D eigenvalue weighted by molar-refractivity contribution is 7.46. The van der Waals surface area contributed by atoms with E-state index in [4.69, 9.17) is 5.73 Å². The summed E-state index contributed by atoms with van der Waals surface area (Å²) in [4.78, 5) is 31.9. The second-order valence-corrected chi connectivity index (χ2v) is 8.14. The van der Waals surface area contributed by atoms with Gasteiger partial charge in [-0.2, -0.15) is 0 Å². The average Bonchev–Trinajstić information content (AvgIpc) is 2.58. The minimum absolute atomic E-state index is 0.0117. The van der Waals surface area contributed by atoms with E-state index in [2.05, 4.69) is 18.1 Å². The zero-order valence-corrected chi connectivity index (χ0v) is 17.8. The number of carbonyl (C=O) groups is 1. The molecule has 0 heterocycles. The Morgan fingerprint density at radius 1 is 0.852 bits per heavy atom. The van der Waals surface area contributed by atoms with Crippen LogP contribution in [0.15, 0.2) is 0 Å². The highest BCUT2D eigenvalue weighted by atomic mass is 31.2. The van der Waals surface area contributed by atoms with Crippen molar-refractivity contribution in [2.45, 2.75) is 58.9 Å². The van der Waals surface area contributed by atoms with E-state index in [1.54, 1.807) is 0 Å². The molecule has 0 aliphatic carbocycles. The molecule has 0 radical (unpaired) electrons. The zero-order valence-electron chi connectivity index (χ0n) is 16.0. The third-order valence-corrected chi connectivity index (χ3v) is 4.62. The first kappa shape index (κ1) is 28.9. The fourth-order valence-corrected chi connectivity index (χ4v) is 2.76. The summed E-state index contributed by atoms with van der Waals surface area (Å²) < 4.78 is 39.5. The number of phosphoric acid groups is 2. The molecule has 0 amide bonds. The molecular formula is C14H30NO10P2-3. The quantitative estimate of drug-likeness (QED) is 0.271. The van der Waals surface area contributed by atoms with Gasteiger partial charge in [-0.05, 0) is 19.3 Å². The Balaban J connectivity index is 0. The van der Waals surface area contributed by atoms with Crippen LogP contribution >= 0.6 is 15.6 Å². The van der Waals surface area contributed by atoms with E-state index in [1.165, 1.54) is 0 Å². The molecule has 0 aromatic heterocycles. The molecule has 13 heteroatoms. The van der Waals surface area contributed by atoms with Crippen LogP contribution in [0.2, 0.25) is 0 Å². The molecule has 0 saturated heterocycles. The first-order valence-corrected chi connectivity index (χ1v) is 11.6. The van der Waals surface area contributed by atoms with Crippen LogP contribution in [0.1, 0.15) is 52.9 Å². The van der Waals surface area contributed by atoms with Gasteiger partial charge in [0, 0.05) is 0 Å². The maximum atomic E-state index is 10.9. The van der Waals surface area contributed by atoms with Gasteiger partial charge in [0.05, 0.1) is 38.4 Å². The molecule has 3 unspecified atom stereocenters. The van der Waals surface area contributed by atoms with Crippen LogP contribution in [0.25, 0.3) is 0 Å². The van der Waals surface area contributed by atoms with E-state index in [1.807, 2.05) is 20.8 Å². The molecule has 2 N–H and O–H groups in total.